The van der Waals surface area contributed by atoms with E-state index < -0.39 is 11.7 Å². The molecule has 0 saturated carbocycles. The van der Waals surface area contributed by atoms with Gasteiger partial charge in [0.15, 0.2) is 4.67 Å². The van der Waals surface area contributed by atoms with Crippen LogP contribution >= 0.6 is 15.9 Å². The van der Waals surface area contributed by atoms with Crippen LogP contribution in [-0.4, -0.2) is 6.54 Å². The number of alkyl halides is 3. The fourth-order valence-corrected chi connectivity index (χ4v) is 2.57. The van der Waals surface area contributed by atoms with Crippen molar-refractivity contribution in [1.29, 1.82) is 0 Å². The summed E-state index contributed by atoms with van der Waals surface area (Å²) in [5.41, 5.74) is 0.686. The van der Waals surface area contributed by atoms with E-state index in [1.54, 1.807) is 12.1 Å². The van der Waals surface area contributed by atoms with Gasteiger partial charge in [-0.25, -0.2) is 0 Å². The minimum Gasteiger partial charge on any atom is -0.457 e. The fraction of sp³-hybridized carbons (Fsp3) is 0.333. The van der Waals surface area contributed by atoms with Crippen LogP contribution in [0, 0.1) is 0 Å². The minimum absolute atomic E-state index is 0.347. The van der Waals surface area contributed by atoms with E-state index in [9.17, 15) is 13.2 Å². The van der Waals surface area contributed by atoms with Crippen molar-refractivity contribution in [3.8, 4) is 0 Å². The quantitative estimate of drug-likeness (QED) is 0.796. The van der Waals surface area contributed by atoms with Crippen molar-refractivity contribution in [2.45, 2.75) is 25.6 Å². The highest BCUT2D eigenvalue weighted by Gasteiger charge is 2.31. The van der Waals surface area contributed by atoms with Crippen LogP contribution in [0.2, 0.25) is 0 Å². The maximum absolute atomic E-state index is 12.9. The minimum atomic E-state index is -4.35. The standard InChI is InChI=1S/C15H15BrF3NO/c1-2-7-20-13(12-6-8-21-14(12)16)10-4-3-5-11(9-10)15(17,18)19/h3-6,8-9,13,20H,2,7H2,1H3. The molecule has 0 aliphatic carbocycles. The highest BCUT2D eigenvalue weighted by atomic mass is 79.9. The second-order valence-corrected chi connectivity index (χ2v) is 5.38. The first-order chi connectivity index (χ1) is 9.93. The Kier molecular flexibility index (Phi) is 5.11. The van der Waals surface area contributed by atoms with Crippen LogP contribution < -0.4 is 5.32 Å². The number of hydrogen-bond donors (Lipinski definition) is 1. The smallest absolute Gasteiger partial charge is 0.416 e. The number of halogens is 4. The first-order valence-corrected chi connectivity index (χ1v) is 7.36. The number of benzene rings is 1. The Balaban J connectivity index is 2.40. The zero-order chi connectivity index (χ0) is 15.5. The summed E-state index contributed by atoms with van der Waals surface area (Å²) in [7, 11) is 0. The van der Waals surface area contributed by atoms with Crippen molar-refractivity contribution >= 4 is 15.9 Å². The molecule has 6 heteroatoms. The van der Waals surface area contributed by atoms with Gasteiger partial charge in [-0.1, -0.05) is 19.1 Å². The zero-order valence-corrected chi connectivity index (χ0v) is 13.0. The van der Waals surface area contributed by atoms with E-state index in [1.165, 1.54) is 18.4 Å². The first-order valence-electron chi connectivity index (χ1n) is 6.57. The van der Waals surface area contributed by atoms with Crippen molar-refractivity contribution in [3.05, 3.63) is 58.0 Å². The Labute approximate surface area is 129 Å². The second-order valence-electron chi connectivity index (χ2n) is 4.66. The van der Waals surface area contributed by atoms with E-state index in [2.05, 4.69) is 21.2 Å². The van der Waals surface area contributed by atoms with Gasteiger partial charge in [0.1, 0.15) is 0 Å². The largest absolute Gasteiger partial charge is 0.457 e. The lowest BCUT2D eigenvalue weighted by Gasteiger charge is -2.19. The van der Waals surface area contributed by atoms with Gasteiger partial charge in [0.05, 0.1) is 17.9 Å². The molecule has 0 spiro atoms. The van der Waals surface area contributed by atoms with Gasteiger partial charge in [-0.2, -0.15) is 13.2 Å². The van der Waals surface area contributed by atoms with Gasteiger partial charge < -0.3 is 9.73 Å². The molecule has 1 heterocycles. The molecule has 2 rings (SSSR count). The van der Waals surface area contributed by atoms with E-state index in [4.69, 9.17) is 4.42 Å². The van der Waals surface area contributed by atoms with E-state index >= 15 is 0 Å². The van der Waals surface area contributed by atoms with Crippen LogP contribution in [-0.2, 0) is 6.18 Å². The molecule has 0 radical (unpaired) electrons. The molecule has 2 aromatic rings. The molecule has 1 aromatic carbocycles. The van der Waals surface area contributed by atoms with Gasteiger partial charge in [-0.05, 0) is 52.7 Å². The maximum atomic E-state index is 12.9. The van der Waals surface area contributed by atoms with Crippen molar-refractivity contribution in [2.75, 3.05) is 6.54 Å². The highest BCUT2D eigenvalue weighted by Crippen LogP contribution is 2.34. The van der Waals surface area contributed by atoms with E-state index in [0.717, 1.165) is 18.1 Å². The number of nitrogens with one attached hydrogen (secondary N) is 1. The Hall–Kier alpha value is -1.27. The Bertz CT molecular complexity index is 595. The molecule has 114 valence electrons. The SMILES string of the molecule is CCCNC(c1cccc(C(F)(F)F)c1)c1ccoc1Br. The van der Waals surface area contributed by atoms with Crippen LogP contribution in [0.1, 0.15) is 36.1 Å². The van der Waals surface area contributed by atoms with Gasteiger partial charge in [0, 0.05) is 5.56 Å². The maximum Gasteiger partial charge on any atom is 0.416 e. The molecule has 0 bridgehead atoms. The molecule has 0 amide bonds. The van der Waals surface area contributed by atoms with Crippen LogP contribution in [0.4, 0.5) is 13.2 Å². The van der Waals surface area contributed by atoms with Gasteiger partial charge in [-0.15, -0.1) is 0 Å². The molecular weight excluding hydrogens is 347 g/mol. The van der Waals surface area contributed by atoms with Crippen molar-refractivity contribution in [2.24, 2.45) is 0 Å². The summed E-state index contributed by atoms with van der Waals surface area (Å²) in [6.07, 6.45) is -1.96. The number of rotatable bonds is 5. The molecule has 0 fully saturated rings. The number of hydrogen-bond acceptors (Lipinski definition) is 2. The van der Waals surface area contributed by atoms with Crippen LogP contribution in [0.3, 0.4) is 0 Å². The van der Waals surface area contributed by atoms with Crippen molar-refractivity contribution < 1.29 is 17.6 Å². The lowest BCUT2D eigenvalue weighted by Crippen LogP contribution is -2.23. The van der Waals surface area contributed by atoms with Gasteiger partial charge >= 0.3 is 6.18 Å². The average molecular weight is 362 g/mol. The average Bonchev–Trinajstić information content (AvgIpc) is 2.85. The zero-order valence-electron chi connectivity index (χ0n) is 11.4. The Morgan fingerprint density at radius 1 is 1.29 bits per heavy atom. The summed E-state index contributed by atoms with van der Waals surface area (Å²) in [5, 5.41) is 3.25. The molecule has 1 atom stereocenters. The summed E-state index contributed by atoms with van der Waals surface area (Å²) in [5.74, 6) is 0. The third-order valence-electron chi connectivity index (χ3n) is 3.10. The summed E-state index contributed by atoms with van der Waals surface area (Å²) < 4.78 is 44.3. The third-order valence-corrected chi connectivity index (χ3v) is 3.75. The number of furan rings is 1. The Morgan fingerprint density at radius 3 is 2.62 bits per heavy atom. The molecule has 0 aliphatic rings. The fourth-order valence-electron chi connectivity index (χ4n) is 2.10. The highest BCUT2D eigenvalue weighted by molar-refractivity contribution is 9.10. The monoisotopic (exact) mass is 361 g/mol. The molecule has 0 saturated heterocycles. The lowest BCUT2D eigenvalue weighted by molar-refractivity contribution is -0.137. The van der Waals surface area contributed by atoms with Crippen LogP contribution in [0.25, 0.3) is 0 Å². The predicted molar refractivity (Wildman–Crippen MR) is 78.0 cm³/mol. The summed E-state index contributed by atoms with van der Waals surface area (Å²) in [6, 6.07) is 6.75. The molecule has 0 aliphatic heterocycles. The van der Waals surface area contributed by atoms with Crippen molar-refractivity contribution in [3.63, 3.8) is 0 Å². The molecular formula is C15H15BrF3NO. The predicted octanol–water partition coefficient (Wildman–Crippen LogP) is 5.15. The van der Waals surface area contributed by atoms with E-state index in [1.807, 2.05) is 6.92 Å². The van der Waals surface area contributed by atoms with E-state index in [0.29, 0.717) is 16.8 Å². The topological polar surface area (TPSA) is 25.2 Å². The molecule has 1 N–H and O–H groups in total. The van der Waals surface area contributed by atoms with Crippen LogP contribution in [0.5, 0.6) is 0 Å². The summed E-state index contributed by atoms with van der Waals surface area (Å²) in [4.78, 5) is 0. The van der Waals surface area contributed by atoms with Crippen LogP contribution in [0.15, 0.2) is 45.7 Å². The molecule has 1 unspecified atom stereocenters. The first kappa shape index (κ1) is 16.1. The lowest BCUT2D eigenvalue weighted by atomic mass is 9.99. The van der Waals surface area contributed by atoms with E-state index in [-0.39, 0.29) is 6.04 Å². The van der Waals surface area contributed by atoms with Gasteiger partial charge in [0.25, 0.3) is 0 Å². The summed E-state index contributed by atoms with van der Waals surface area (Å²) in [6.45, 7) is 2.69. The third kappa shape index (κ3) is 3.89. The Morgan fingerprint density at radius 2 is 2.05 bits per heavy atom. The molecule has 1 aromatic heterocycles. The molecule has 21 heavy (non-hydrogen) atoms. The second kappa shape index (κ2) is 6.66. The summed E-state index contributed by atoms with van der Waals surface area (Å²) >= 11 is 3.29. The van der Waals surface area contributed by atoms with Gasteiger partial charge in [0.2, 0.25) is 0 Å². The van der Waals surface area contributed by atoms with Crippen molar-refractivity contribution in [1.82, 2.24) is 5.32 Å². The normalized spacial score (nSPS) is 13.4. The van der Waals surface area contributed by atoms with Gasteiger partial charge in [-0.3, -0.25) is 0 Å². The molecule has 2 nitrogen and oxygen atoms in total.